The third-order valence-corrected chi connectivity index (χ3v) is 3.31. The zero-order chi connectivity index (χ0) is 9.97. The third-order valence-electron chi connectivity index (χ3n) is 3.31. The number of nitrogens with zero attached hydrogens (tertiary/aromatic N) is 1. The van der Waals surface area contributed by atoms with Gasteiger partial charge in [0.05, 0.1) is 0 Å². The van der Waals surface area contributed by atoms with Crippen LogP contribution in [0, 0.1) is 11.8 Å². The summed E-state index contributed by atoms with van der Waals surface area (Å²) in [6, 6.07) is 0.752. The van der Waals surface area contributed by atoms with Crippen molar-refractivity contribution in [3.63, 3.8) is 0 Å². The molecule has 0 radical (unpaired) electrons. The second kappa shape index (κ2) is 4.63. The molecule has 1 aliphatic heterocycles. The lowest BCUT2D eigenvalue weighted by Gasteiger charge is -2.34. The molecule has 1 atom stereocenters. The summed E-state index contributed by atoms with van der Waals surface area (Å²) < 4.78 is 0. The minimum absolute atomic E-state index is 0.752. The second-order valence-corrected chi connectivity index (χ2v) is 5.48. The van der Waals surface area contributed by atoms with Gasteiger partial charge in [-0.25, -0.2) is 0 Å². The molecule has 82 valence electrons. The molecule has 1 heterocycles. The molecular weight excluding hydrogens is 172 g/mol. The average molecular weight is 196 g/mol. The SMILES string of the molecule is CC(C)CC1CN(CC2CC2)CCN1. The van der Waals surface area contributed by atoms with E-state index in [-0.39, 0.29) is 0 Å². The Balaban J connectivity index is 1.71. The summed E-state index contributed by atoms with van der Waals surface area (Å²) in [4.78, 5) is 2.67. The van der Waals surface area contributed by atoms with E-state index in [1.165, 1.54) is 45.4 Å². The van der Waals surface area contributed by atoms with E-state index in [0.717, 1.165) is 17.9 Å². The van der Waals surface area contributed by atoms with Crippen LogP contribution in [0.15, 0.2) is 0 Å². The molecule has 0 amide bonds. The Morgan fingerprint density at radius 1 is 1.36 bits per heavy atom. The molecule has 0 aromatic heterocycles. The third kappa shape index (κ3) is 3.25. The molecule has 1 unspecified atom stereocenters. The van der Waals surface area contributed by atoms with Crippen molar-refractivity contribution in [2.24, 2.45) is 11.8 Å². The molecule has 2 nitrogen and oxygen atoms in total. The molecule has 2 rings (SSSR count). The normalized spacial score (nSPS) is 29.8. The maximum absolute atomic E-state index is 3.63. The molecule has 2 fully saturated rings. The maximum atomic E-state index is 3.63. The van der Waals surface area contributed by atoms with Gasteiger partial charge in [0.1, 0.15) is 0 Å². The predicted octanol–water partition coefficient (Wildman–Crippen LogP) is 1.72. The van der Waals surface area contributed by atoms with Crippen LogP contribution in [0.3, 0.4) is 0 Å². The summed E-state index contributed by atoms with van der Waals surface area (Å²) in [7, 11) is 0. The zero-order valence-corrected chi connectivity index (χ0v) is 9.63. The molecule has 14 heavy (non-hydrogen) atoms. The quantitative estimate of drug-likeness (QED) is 0.736. The number of hydrogen-bond donors (Lipinski definition) is 1. The van der Waals surface area contributed by atoms with Gasteiger partial charge in [0.25, 0.3) is 0 Å². The lowest BCUT2D eigenvalue weighted by atomic mass is 10.0. The van der Waals surface area contributed by atoms with E-state index in [0.29, 0.717) is 0 Å². The van der Waals surface area contributed by atoms with E-state index < -0.39 is 0 Å². The van der Waals surface area contributed by atoms with Crippen LogP contribution in [-0.4, -0.2) is 37.1 Å². The van der Waals surface area contributed by atoms with Crippen molar-refractivity contribution in [3.05, 3.63) is 0 Å². The molecule has 0 aromatic carbocycles. The van der Waals surface area contributed by atoms with Crippen LogP contribution in [0.25, 0.3) is 0 Å². The fourth-order valence-electron chi connectivity index (χ4n) is 2.45. The Labute approximate surface area is 88.1 Å². The highest BCUT2D eigenvalue weighted by molar-refractivity contribution is 4.84. The van der Waals surface area contributed by atoms with Crippen LogP contribution in [0.4, 0.5) is 0 Å². The van der Waals surface area contributed by atoms with Crippen molar-refractivity contribution in [3.8, 4) is 0 Å². The van der Waals surface area contributed by atoms with E-state index in [1.807, 2.05) is 0 Å². The lowest BCUT2D eigenvalue weighted by Crippen LogP contribution is -2.51. The first kappa shape index (κ1) is 10.4. The number of nitrogens with one attached hydrogen (secondary N) is 1. The van der Waals surface area contributed by atoms with Crippen LogP contribution in [0.5, 0.6) is 0 Å². The van der Waals surface area contributed by atoms with E-state index in [9.17, 15) is 0 Å². The van der Waals surface area contributed by atoms with Crippen molar-refractivity contribution in [1.29, 1.82) is 0 Å². The molecule has 1 saturated heterocycles. The van der Waals surface area contributed by atoms with E-state index in [1.54, 1.807) is 0 Å². The predicted molar refractivity (Wildman–Crippen MR) is 60.4 cm³/mol. The van der Waals surface area contributed by atoms with Crippen molar-refractivity contribution < 1.29 is 0 Å². The molecule has 0 aromatic rings. The van der Waals surface area contributed by atoms with Gasteiger partial charge in [-0.15, -0.1) is 0 Å². The summed E-state index contributed by atoms with van der Waals surface area (Å²) in [5.74, 6) is 1.88. The first-order chi connectivity index (χ1) is 6.74. The zero-order valence-electron chi connectivity index (χ0n) is 9.63. The topological polar surface area (TPSA) is 15.3 Å². The fraction of sp³-hybridized carbons (Fsp3) is 1.00. The van der Waals surface area contributed by atoms with Crippen LogP contribution in [-0.2, 0) is 0 Å². The van der Waals surface area contributed by atoms with Crippen molar-refractivity contribution >= 4 is 0 Å². The van der Waals surface area contributed by atoms with Gasteiger partial charge in [0, 0.05) is 32.2 Å². The average Bonchev–Trinajstić information content (AvgIpc) is 2.87. The van der Waals surface area contributed by atoms with Gasteiger partial charge in [0.2, 0.25) is 0 Å². The smallest absolute Gasteiger partial charge is 0.0198 e. The van der Waals surface area contributed by atoms with E-state index >= 15 is 0 Å². The Morgan fingerprint density at radius 2 is 2.14 bits per heavy atom. The van der Waals surface area contributed by atoms with Gasteiger partial charge < -0.3 is 10.2 Å². The highest BCUT2D eigenvalue weighted by Gasteiger charge is 2.27. The maximum Gasteiger partial charge on any atom is 0.0198 e. The minimum atomic E-state index is 0.752. The summed E-state index contributed by atoms with van der Waals surface area (Å²) >= 11 is 0. The van der Waals surface area contributed by atoms with Crippen LogP contribution < -0.4 is 5.32 Å². The summed E-state index contributed by atoms with van der Waals surface area (Å²) in [6.07, 6.45) is 4.30. The first-order valence-electron chi connectivity index (χ1n) is 6.20. The molecule has 1 aliphatic carbocycles. The molecule has 1 saturated carbocycles. The Morgan fingerprint density at radius 3 is 2.79 bits per heavy atom. The van der Waals surface area contributed by atoms with Gasteiger partial charge in [-0.3, -0.25) is 0 Å². The minimum Gasteiger partial charge on any atom is -0.311 e. The molecule has 1 N–H and O–H groups in total. The summed E-state index contributed by atoms with van der Waals surface area (Å²) in [5, 5.41) is 3.63. The van der Waals surface area contributed by atoms with Crippen molar-refractivity contribution in [2.45, 2.75) is 39.2 Å². The molecule has 0 spiro atoms. The van der Waals surface area contributed by atoms with Gasteiger partial charge in [-0.1, -0.05) is 13.8 Å². The Hall–Kier alpha value is -0.0800. The number of hydrogen-bond acceptors (Lipinski definition) is 2. The van der Waals surface area contributed by atoms with Gasteiger partial charge in [-0.2, -0.15) is 0 Å². The summed E-state index contributed by atoms with van der Waals surface area (Å²) in [6.45, 7) is 9.77. The van der Waals surface area contributed by atoms with Crippen molar-refractivity contribution in [2.75, 3.05) is 26.2 Å². The first-order valence-corrected chi connectivity index (χ1v) is 6.20. The largest absolute Gasteiger partial charge is 0.311 e. The monoisotopic (exact) mass is 196 g/mol. The lowest BCUT2D eigenvalue weighted by molar-refractivity contribution is 0.180. The highest BCUT2D eigenvalue weighted by Crippen LogP contribution is 2.30. The van der Waals surface area contributed by atoms with Crippen LogP contribution in [0.1, 0.15) is 33.1 Å². The van der Waals surface area contributed by atoms with E-state index in [2.05, 4.69) is 24.1 Å². The van der Waals surface area contributed by atoms with E-state index in [4.69, 9.17) is 0 Å². The molecule has 2 heteroatoms. The van der Waals surface area contributed by atoms with Gasteiger partial charge in [-0.05, 0) is 31.1 Å². The molecular formula is C12H24N2. The standard InChI is InChI=1S/C12H24N2/c1-10(2)7-12-9-14(6-5-13-12)8-11-3-4-11/h10-13H,3-9H2,1-2H3. The van der Waals surface area contributed by atoms with Gasteiger partial charge >= 0.3 is 0 Å². The Kier molecular flexibility index (Phi) is 3.45. The fourth-order valence-corrected chi connectivity index (χ4v) is 2.45. The van der Waals surface area contributed by atoms with Gasteiger partial charge in [0.15, 0.2) is 0 Å². The number of rotatable bonds is 4. The number of piperazine rings is 1. The molecule has 2 aliphatic rings. The van der Waals surface area contributed by atoms with Crippen molar-refractivity contribution in [1.82, 2.24) is 10.2 Å². The second-order valence-electron chi connectivity index (χ2n) is 5.48. The highest BCUT2D eigenvalue weighted by atomic mass is 15.2. The van der Waals surface area contributed by atoms with Crippen LogP contribution in [0.2, 0.25) is 0 Å². The Bertz CT molecular complexity index is 165. The van der Waals surface area contributed by atoms with Crippen LogP contribution >= 0.6 is 0 Å². The summed E-state index contributed by atoms with van der Waals surface area (Å²) in [5.41, 5.74) is 0. The molecule has 0 bridgehead atoms.